The predicted molar refractivity (Wildman–Crippen MR) is 94.4 cm³/mol. The Hall–Kier alpha value is -2.21. The van der Waals surface area contributed by atoms with Crippen LogP contribution in [0.2, 0.25) is 0 Å². The van der Waals surface area contributed by atoms with Crippen molar-refractivity contribution in [3.8, 4) is 0 Å². The van der Waals surface area contributed by atoms with Crippen molar-refractivity contribution in [3.05, 3.63) is 48.3 Å². The lowest BCUT2D eigenvalue weighted by molar-refractivity contribution is -0.140. The molecule has 132 valence electrons. The van der Waals surface area contributed by atoms with Crippen LogP contribution in [0.4, 0.5) is 0 Å². The molecule has 0 aliphatic carbocycles. The Bertz CT molecular complexity index is 702. The van der Waals surface area contributed by atoms with Crippen molar-refractivity contribution < 1.29 is 4.79 Å². The Balaban J connectivity index is 1.44. The fraction of sp³-hybridized carbons (Fsp3) is 0.526. The molecular weight excluding hydrogens is 314 g/mol. The highest BCUT2D eigenvalue weighted by molar-refractivity contribution is 5.77. The molecule has 6 nitrogen and oxygen atoms in total. The highest BCUT2D eigenvalue weighted by Crippen LogP contribution is 2.39. The number of piperidine rings is 2. The smallest absolute Gasteiger partial charge is 0.222 e. The summed E-state index contributed by atoms with van der Waals surface area (Å²) < 4.78 is 0. The number of pyridine rings is 1. The number of amides is 1. The molecule has 2 aromatic rings. The molecule has 2 aromatic heterocycles. The number of hydrogen-bond acceptors (Lipinski definition) is 4. The van der Waals surface area contributed by atoms with Gasteiger partial charge in [0.2, 0.25) is 5.91 Å². The van der Waals surface area contributed by atoms with Gasteiger partial charge in [0.15, 0.2) is 0 Å². The Labute approximate surface area is 148 Å². The summed E-state index contributed by atoms with van der Waals surface area (Å²) in [6.07, 6.45) is 11.4. The summed E-state index contributed by atoms with van der Waals surface area (Å²) >= 11 is 0. The van der Waals surface area contributed by atoms with Crippen molar-refractivity contribution in [3.63, 3.8) is 0 Å². The molecule has 1 atom stereocenters. The molecule has 4 rings (SSSR count). The topological polar surface area (TPSA) is 65.1 Å². The van der Waals surface area contributed by atoms with Crippen molar-refractivity contribution in [2.45, 2.75) is 38.8 Å². The van der Waals surface area contributed by atoms with Gasteiger partial charge in [0, 0.05) is 56.3 Å². The number of aromatic amines is 1. The van der Waals surface area contributed by atoms with E-state index in [0.29, 0.717) is 13.0 Å². The number of H-pyrrole nitrogens is 1. The Kier molecular flexibility index (Phi) is 4.53. The van der Waals surface area contributed by atoms with Crippen molar-refractivity contribution in [1.82, 2.24) is 24.8 Å². The maximum Gasteiger partial charge on any atom is 0.222 e. The minimum absolute atomic E-state index is 0.223. The predicted octanol–water partition coefficient (Wildman–Crippen LogP) is 2.21. The van der Waals surface area contributed by atoms with Gasteiger partial charge in [0.1, 0.15) is 5.82 Å². The van der Waals surface area contributed by atoms with Crippen molar-refractivity contribution in [2.75, 3.05) is 19.6 Å². The van der Waals surface area contributed by atoms with E-state index in [0.717, 1.165) is 44.0 Å². The third-order valence-electron chi connectivity index (χ3n) is 5.51. The molecule has 1 amide bonds. The van der Waals surface area contributed by atoms with Crippen LogP contribution in [0.5, 0.6) is 0 Å². The average Bonchev–Trinajstić information content (AvgIpc) is 3.13. The average molecular weight is 339 g/mol. The van der Waals surface area contributed by atoms with Crippen LogP contribution < -0.4 is 0 Å². The van der Waals surface area contributed by atoms with Gasteiger partial charge >= 0.3 is 0 Å². The Morgan fingerprint density at radius 2 is 2.16 bits per heavy atom. The van der Waals surface area contributed by atoms with Gasteiger partial charge < -0.3 is 9.88 Å². The van der Waals surface area contributed by atoms with Crippen molar-refractivity contribution >= 4 is 5.91 Å². The van der Waals surface area contributed by atoms with E-state index < -0.39 is 0 Å². The number of nitrogens with one attached hydrogen (secondary N) is 1. The Morgan fingerprint density at radius 1 is 1.20 bits per heavy atom. The SMILES string of the molecule is O=C1CC[C@@]2(CCCN(Cc3ncc[nH]3)C2)CN1Cc1cccnc1. The van der Waals surface area contributed by atoms with Gasteiger partial charge in [-0.15, -0.1) is 0 Å². The fourth-order valence-corrected chi connectivity index (χ4v) is 4.33. The largest absolute Gasteiger partial charge is 0.348 e. The Morgan fingerprint density at radius 3 is 2.96 bits per heavy atom. The van der Waals surface area contributed by atoms with E-state index in [9.17, 15) is 4.79 Å². The van der Waals surface area contributed by atoms with E-state index in [1.165, 1.54) is 12.8 Å². The number of hydrogen-bond donors (Lipinski definition) is 1. The van der Waals surface area contributed by atoms with Crippen molar-refractivity contribution in [2.24, 2.45) is 5.41 Å². The van der Waals surface area contributed by atoms with Gasteiger partial charge in [0.05, 0.1) is 6.54 Å². The standard InChI is InChI=1S/C19H25N5O/c25-18-4-6-19(15-24(18)12-16-3-1-7-20-11-16)5-2-10-23(14-19)13-17-21-8-9-22-17/h1,3,7-9,11H,2,4-6,10,12-15H2,(H,21,22)/t19-/m1/s1. The zero-order valence-electron chi connectivity index (χ0n) is 14.5. The number of imidazole rings is 1. The molecule has 4 heterocycles. The lowest BCUT2D eigenvalue weighted by Crippen LogP contribution is -2.53. The molecule has 1 N–H and O–H groups in total. The first-order chi connectivity index (χ1) is 12.2. The second-order valence-corrected chi connectivity index (χ2v) is 7.46. The summed E-state index contributed by atoms with van der Waals surface area (Å²) in [5.41, 5.74) is 1.33. The molecule has 2 aliphatic heterocycles. The number of rotatable bonds is 4. The molecule has 6 heteroatoms. The van der Waals surface area contributed by atoms with Crippen LogP contribution in [0.15, 0.2) is 36.9 Å². The van der Waals surface area contributed by atoms with Gasteiger partial charge in [-0.25, -0.2) is 4.98 Å². The van der Waals surface area contributed by atoms with Crippen LogP contribution in [-0.2, 0) is 17.9 Å². The first-order valence-corrected chi connectivity index (χ1v) is 9.10. The summed E-state index contributed by atoms with van der Waals surface area (Å²) in [5.74, 6) is 1.30. The summed E-state index contributed by atoms with van der Waals surface area (Å²) in [7, 11) is 0. The zero-order valence-corrected chi connectivity index (χ0v) is 14.5. The molecule has 2 saturated heterocycles. The van der Waals surface area contributed by atoms with Gasteiger partial charge in [-0.05, 0) is 37.4 Å². The molecule has 1 spiro atoms. The maximum atomic E-state index is 12.4. The summed E-state index contributed by atoms with van der Waals surface area (Å²) in [5, 5.41) is 0. The van der Waals surface area contributed by atoms with Crippen LogP contribution in [-0.4, -0.2) is 50.3 Å². The van der Waals surface area contributed by atoms with E-state index in [1.807, 2.05) is 35.6 Å². The number of carbonyl (C=O) groups is 1. The van der Waals surface area contributed by atoms with Crippen LogP contribution in [0.1, 0.15) is 37.1 Å². The fourth-order valence-electron chi connectivity index (χ4n) is 4.33. The number of nitrogens with zero attached hydrogens (tertiary/aromatic N) is 4. The van der Waals surface area contributed by atoms with E-state index in [2.05, 4.69) is 19.9 Å². The number of carbonyl (C=O) groups excluding carboxylic acids is 1. The highest BCUT2D eigenvalue weighted by atomic mass is 16.2. The van der Waals surface area contributed by atoms with Gasteiger partial charge in [-0.3, -0.25) is 14.7 Å². The first kappa shape index (κ1) is 16.3. The second kappa shape index (κ2) is 6.96. The maximum absolute atomic E-state index is 12.4. The van der Waals surface area contributed by atoms with Gasteiger partial charge in [0.25, 0.3) is 0 Å². The molecular formula is C19H25N5O. The number of likely N-dealkylation sites (tertiary alicyclic amines) is 2. The molecule has 25 heavy (non-hydrogen) atoms. The summed E-state index contributed by atoms with van der Waals surface area (Å²) in [6.45, 7) is 4.55. The minimum atomic E-state index is 0.223. The minimum Gasteiger partial charge on any atom is -0.348 e. The monoisotopic (exact) mass is 339 g/mol. The van der Waals surface area contributed by atoms with Crippen LogP contribution in [0.25, 0.3) is 0 Å². The van der Waals surface area contributed by atoms with Crippen LogP contribution in [0.3, 0.4) is 0 Å². The third kappa shape index (κ3) is 3.74. The van der Waals surface area contributed by atoms with Crippen LogP contribution >= 0.6 is 0 Å². The number of aromatic nitrogens is 3. The van der Waals surface area contributed by atoms with E-state index in [4.69, 9.17) is 0 Å². The zero-order chi connectivity index (χ0) is 17.1. The van der Waals surface area contributed by atoms with E-state index in [-0.39, 0.29) is 11.3 Å². The summed E-state index contributed by atoms with van der Waals surface area (Å²) in [6, 6.07) is 3.98. The molecule has 0 radical (unpaired) electrons. The van der Waals surface area contributed by atoms with Crippen LogP contribution in [0, 0.1) is 5.41 Å². The summed E-state index contributed by atoms with van der Waals surface area (Å²) in [4.78, 5) is 28.7. The van der Waals surface area contributed by atoms with Gasteiger partial charge in [-0.2, -0.15) is 0 Å². The molecule has 0 unspecified atom stereocenters. The molecule has 0 saturated carbocycles. The quantitative estimate of drug-likeness (QED) is 0.927. The van der Waals surface area contributed by atoms with Crippen molar-refractivity contribution in [1.29, 1.82) is 0 Å². The van der Waals surface area contributed by atoms with E-state index in [1.54, 1.807) is 6.20 Å². The van der Waals surface area contributed by atoms with E-state index >= 15 is 0 Å². The van der Waals surface area contributed by atoms with Gasteiger partial charge in [-0.1, -0.05) is 6.07 Å². The molecule has 0 aromatic carbocycles. The second-order valence-electron chi connectivity index (χ2n) is 7.46. The lowest BCUT2D eigenvalue weighted by atomic mass is 9.73. The lowest BCUT2D eigenvalue weighted by Gasteiger charge is -2.48. The third-order valence-corrected chi connectivity index (χ3v) is 5.51. The first-order valence-electron chi connectivity index (χ1n) is 9.10. The molecule has 2 fully saturated rings. The molecule has 2 aliphatic rings. The highest BCUT2D eigenvalue weighted by Gasteiger charge is 2.41. The molecule has 0 bridgehead atoms. The normalized spacial score (nSPS) is 24.8.